The van der Waals surface area contributed by atoms with E-state index in [2.05, 4.69) is 40.7 Å². The second kappa shape index (κ2) is 9.03. The number of allylic oxidation sites excluding steroid dienone is 1. The Morgan fingerprint density at radius 3 is 2.58 bits per heavy atom. The summed E-state index contributed by atoms with van der Waals surface area (Å²) in [5, 5.41) is 0. The van der Waals surface area contributed by atoms with Gasteiger partial charge in [-0.2, -0.15) is 0 Å². The number of halogens is 1. The smallest absolute Gasteiger partial charge is 0.404 e. The Morgan fingerprint density at radius 1 is 1.10 bits per heavy atom. The van der Waals surface area contributed by atoms with E-state index in [0.717, 1.165) is 54.8 Å². The zero-order valence-corrected chi connectivity index (χ0v) is 21.3. The van der Waals surface area contributed by atoms with Crippen molar-refractivity contribution in [1.29, 1.82) is 0 Å². The molecule has 0 unspecified atom stereocenters. The van der Waals surface area contributed by atoms with Crippen LogP contribution in [0.15, 0.2) is 11.6 Å². The highest BCUT2D eigenvalue weighted by atomic mass is 35.5. The number of ether oxygens (including phenoxy) is 1. The average Bonchev–Trinajstić information content (AvgIpc) is 3.05. The van der Waals surface area contributed by atoms with E-state index in [1.807, 2.05) is 0 Å². The van der Waals surface area contributed by atoms with Gasteiger partial charge in [-0.05, 0) is 91.3 Å². The molecule has 0 radical (unpaired) electrons. The van der Waals surface area contributed by atoms with Crippen molar-refractivity contribution in [1.82, 2.24) is 0 Å². The molecule has 4 rings (SSSR count). The van der Waals surface area contributed by atoms with Crippen molar-refractivity contribution in [3.8, 4) is 0 Å². The van der Waals surface area contributed by atoms with Crippen molar-refractivity contribution in [2.75, 3.05) is 0 Å². The predicted octanol–water partition coefficient (Wildman–Crippen LogP) is 8.77. The van der Waals surface area contributed by atoms with Gasteiger partial charge in [0, 0.05) is 18.0 Å². The Kier molecular flexibility index (Phi) is 6.89. The monoisotopic (exact) mass is 448 g/mol. The van der Waals surface area contributed by atoms with Gasteiger partial charge in [0.1, 0.15) is 6.10 Å². The first-order valence-corrected chi connectivity index (χ1v) is 13.6. The zero-order chi connectivity index (χ0) is 22.4. The molecule has 0 bridgehead atoms. The summed E-state index contributed by atoms with van der Waals surface area (Å²) in [6.45, 7) is 12.5. The minimum Gasteiger partial charge on any atom is -0.450 e. The molecule has 2 nitrogen and oxygen atoms in total. The summed E-state index contributed by atoms with van der Waals surface area (Å²) in [4.78, 5) is 11.2. The molecule has 3 saturated carbocycles. The highest BCUT2D eigenvalue weighted by molar-refractivity contribution is 6.61. The van der Waals surface area contributed by atoms with Gasteiger partial charge in [-0.25, -0.2) is 4.79 Å². The number of carbonyl (C=O) groups is 1. The fourth-order valence-electron chi connectivity index (χ4n) is 8.88. The SMILES string of the molecule is CC(C)CCC[C@@H](C)[C@@H]1CC[C@@H]2[C@H]3CC=C4C[C@@H](OC(=O)Cl)CC[C@]4(C)[C@@H]3CC[C@@]21C. The third-order valence-electron chi connectivity index (χ3n) is 10.5. The molecule has 4 aliphatic carbocycles. The third-order valence-corrected chi connectivity index (χ3v) is 10.6. The van der Waals surface area contributed by atoms with Crippen molar-refractivity contribution < 1.29 is 9.53 Å². The van der Waals surface area contributed by atoms with Crippen LogP contribution in [0.2, 0.25) is 0 Å². The van der Waals surface area contributed by atoms with E-state index in [1.165, 1.54) is 51.4 Å². The van der Waals surface area contributed by atoms with E-state index in [1.54, 1.807) is 5.57 Å². The summed E-state index contributed by atoms with van der Waals surface area (Å²) < 4.78 is 5.38. The second-order valence-electron chi connectivity index (χ2n) is 12.5. The van der Waals surface area contributed by atoms with Crippen LogP contribution in [0, 0.1) is 46.3 Å². The molecule has 0 aromatic carbocycles. The first kappa shape index (κ1) is 23.7. The Labute approximate surface area is 195 Å². The molecule has 0 aromatic heterocycles. The Bertz CT molecular complexity index is 699. The van der Waals surface area contributed by atoms with Crippen LogP contribution in [0.3, 0.4) is 0 Å². The van der Waals surface area contributed by atoms with E-state index < -0.39 is 5.43 Å². The second-order valence-corrected chi connectivity index (χ2v) is 12.8. The van der Waals surface area contributed by atoms with Crippen molar-refractivity contribution in [3.63, 3.8) is 0 Å². The Hall–Kier alpha value is -0.500. The molecule has 3 heteroatoms. The maximum absolute atomic E-state index is 11.2. The quantitative estimate of drug-likeness (QED) is 0.299. The van der Waals surface area contributed by atoms with Gasteiger partial charge in [0.25, 0.3) is 0 Å². The molecule has 0 heterocycles. The van der Waals surface area contributed by atoms with Gasteiger partial charge in [-0.1, -0.05) is 65.5 Å². The molecule has 4 aliphatic rings. The molecule has 0 aliphatic heterocycles. The van der Waals surface area contributed by atoms with Gasteiger partial charge in [0.2, 0.25) is 0 Å². The van der Waals surface area contributed by atoms with Gasteiger partial charge in [-0.3, -0.25) is 0 Å². The molecular weight excluding hydrogens is 404 g/mol. The normalized spacial score (nSPS) is 42.9. The van der Waals surface area contributed by atoms with Crippen LogP contribution in [0.5, 0.6) is 0 Å². The van der Waals surface area contributed by atoms with Gasteiger partial charge < -0.3 is 4.74 Å². The van der Waals surface area contributed by atoms with Crippen LogP contribution >= 0.6 is 11.6 Å². The number of hydrogen-bond acceptors (Lipinski definition) is 2. The molecule has 3 fully saturated rings. The third kappa shape index (κ3) is 4.36. The summed E-state index contributed by atoms with van der Waals surface area (Å²) in [5.74, 6) is 5.19. The predicted molar refractivity (Wildman–Crippen MR) is 129 cm³/mol. The number of carbonyl (C=O) groups excluding carboxylic acids is 1. The molecule has 8 atom stereocenters. The van der Waals surface area contributed by atoms with Crippen LogP contribution in [0.4, 0.5) is 4.79 Å². The van der Waals surface area contributed by atoms with E-state index in [4.69, 9.17) is 16.3 Å². The summed E-state index contributed by atoms with van der Waals surface area (Å²) in [5.41, 5.74) is 1.77. The fourth-order valence-corrected chi connectivity index (χ4v) is 9.01. The molecule has 0 amide bonds. The Morgan fingerprint density at radius 2 is 1.87 bits per heavy atom. The van der Waals surface area contributed by atoms with Gasteiger partial charge in [-0.15, -0.1) is 0 Å². The lowest BCUT2D eigenvalue weighted by molar-refractivity contribution is -0.0573. The molecule has 0 aromatic rings. The van der Waals surface area contributed by atoms with E-state index in [-0.39, 0.29) is 6.10 Å². The van der Waals surface area contributed by atoms with Crippen molar-refractivity contribution >= 4 is 17.0 Å². The Balaban J connectivity index is 1.47. The minimum atomic E-state index is -0.643. The summed E-state index contributed by atoms with van der Waals surface area (Å²) in [7, 11) is 0. The lowest BCUT2D eigenvalue weighted by Gasteiger charge is -2.58. The maximum atomic E-state index is 11.2. The first-order chi connectivity index (χ1) is 14.6. The van der Waals surface area contributed by atoms with Crippen molar-refractivity contribution in [2.45, 2.75) is 111 Å². The van der Waals surface area contributed by atoms with Crippen LogP contribution in [-0.2, 0) is 4.74 Å². The number of fused-ring (bicyclic) bond motifs is 5. The highest BCUT2D eigenvalue weighted by Gasteiger charge is 2.59. The first-order valence-electron chi connectivity index (χ1n) is 13.2. The van der Waals surface area contributed by atoms with E-state index >= 15 is 0 Å². The molecule has 31 heavy (non-hydrogen) atoms. The van der Waals surface area contributed by atoms with Gasteiger partial charge in [0.05, 0.1) is 0 Å². The summed E-state index contributed by atoms with van der Waals surface area (Å²) in [6.07, 6.45) is 16.7. The number of rotatable bonds is 6. The lowest BCUT2D eigenvalue weighted by Crippen LogP contribution is -2.51. The molecule has 0 spiro atoms. The van der Waals surface area contributed by atoms with E-state index in [0.29, 0.717) is 10.8 Å². The highest BCUT2D eigenvalue weighted by Crippen LogP contribution is 2.67. The van der Waals surface area contributed by atoms with Crippen molar-refractivity contribution in [2.24, 2.45) is 46.3 Å². The van der Waals surface area contributed by atoms with Crippen LogP contribution in [0.25, 0.3) is 0 Å². The van der Waals surface area contributed by atoms with Crippen molar-refractivity contribution in [3.05, 3.63) is 11.6 Å². The fraction of sp³-hybridized carbons (Fsp3) is 0.893. The molecule has 176 valence electrons. The van der Waals surface area contributed by atoms with Crippen LogP contribution < -0.4 is 0 Å². The largest absolute Gasteiger partial charge is 0.450 e. The zero-order valence-electron chi connectivity index (χ0n) is 20.6. The standard InChI is InChI=1S/C28H45ClO2/c1-18(2)7-6-8-19(3)23-11-12-24-22-10-9-20-17-21(31-26(29)30)13-15-27(20,4)25(22)14-16-28(23,24)5/h9,18-19,21-25H,6-8,10-17H2,1-5H3/t19-,21+,22-,23+,24-,25-,27+,28-/m1/s1. The maximum Gasteiger partial charge on any atom is 0.404 e. The summed E-state index contributed by atoms with van der Waals surface area (Å²) in [6, 6.07) is 0. The van der Waals surface area contributed by atoms with Gasteiger partial charge >= 0.3 is 5.43 Å². The van der Waals surface area contributed by atoms with E-state index in [9.17, 15) is 4.79 Å². The molecule has 0 saturated heterocycles. The molecule has 0 N–H and O–H groups in total. The lowest BCUT2D eigenvalue weighted by atomic mass is 9.47. The topological polar surface area (TPSA) is 26.3 Å². The minimum absolute atomic E-state index is 0.0164. The summed E-state index contributed by atoms with van der Waals surface area (Å²) >= 11 is 5.51. The van der Waals surface area contributed by atoms with Crippen LogP contribution in [0.1, 0.15) is 105 Å². The molecular formula is C28H45ClO2. The average molecular weight is 449 g/mol. The van der Waals surface area contributed by atoms with Gasteiger partial charge in [0.15, 0.2) is 0 Å². The van der Waals surface area contributed by atoms with Crippen LogP contribution in [-0.4, -0.2) is 11.5 Å². The number of hydrogen-bond donors (Lipinski definition) is 0.